The molecular weight excluding hydrogens is 486 g/mol. The minimum Gasteiger partial charge on any atom is -0.339 e. The summed E-state index contributed by atoms with van der Waals surface area (Å²) in [6.07, 6.45) is 0. The Morgan fingerprint density at radius 1 is 0.806 bits per heavy atom. The molecule has 1 fully saturated rings. The first kappa shape index (κ1) is 23.2. The zero-order chi connectivity index (χ0) is 24.3. The summed E-state index contributed by atoms with van der Waals surface area (Å²) < 4.78 is 4.46. The van der Waals surface area contributed by atoms with Crippen LogP contribution in [-0.2, 0) is 17.9 Å². The molecule has 6 rings (SSSR count). The van der Waals surface area contributed by atoms with Gasteiger partial charge in [0.05, 0.1) is 33.5 Å². The minimum atomic E-state index is 0.190. The van der Waals surface area contributed by atoms with E-state index >= 15 is 0 Å². The molecule has 1 amide bonds. The molecular formula is C28H27N5OS2. The predicted octanol–water partition coefficient (Wildman–Crippen LogP) is 5.13. The van der Waals surface area contributed by atoms with Crippen LogP contribution >= 0.6 is 23.1 Å². The quantitative estimate of drug-likeness (QED) is 0.283. The molecule has 8 heteroatoms. The molecule has 1 aliphatic rings. The molecule has 0 aliphatic carbocycles. The Morgan fingerprint density at radius 3 is 2.33 bits per heavy atom. The zero-order valence-corrected chi connectivity index (χ0v) is 21.5. The summed E-state index contributed by atoms with van der Waals surface area (Å²) in [7, 11) is 0. The molecule has 1 aliphatic heterocycles. The highest BCUT2D eigenvalue weighted by molar-refractivity contribution is 8.01. The topological polar surface area (TPSA) is 54.3 Å². The van der Waals surface area contributed by atoms with E-state index in [0.29, 0.717) is 5.75 Å². The number of fused-ring (bicyclic) bond motifs is 2. The number of hydrogen-bond donors (Lipinski definition) is 0. The third-order valence-corrected chi connectivity index (χ3v) is 8.76. The second-order valence-corrected chi connectivity index (χ2v) is 11.2. The lowest BCUT2D eigenvalue weighted by Gasteiger charge is -2.34. The zero-order valence-electron chi connectivity index (χ0n) is 19.9. The van der Waals surface area contributed by atoms with Crippen LogP contribution in [0.1, 0.15) is 11.4 Å². The molecule has 0 saturated carbocycles. The Hall–Kier alpha value is -3.20. The Kier molecular flexibility index (Phi) is 6.72. The van der Waals surface area contributed by atoms with Crippen LogP contribution in [0.25, 0.3) is 21.3 Å². The van der Waals surface area contributed by atoms with Crippen molar-refractivity contribution in [1.82, 2.24) is 24.3 Å². The third-order valence-electron chi connectivity index (χ3n) is 6.60. The fraction of sp³-hybridized carbons (Fsp3) is 0.250. The molecule has 0 unspecified atom stereocenters. The number of hydrogen-bond acceptors (Lipinski definition) is 6. The highest BCUT2D eigenvalue weighted by Gasteiger charge is 2.23. The second-order valence-electron chi connectivity index (χ2n) is 8.98. The number of piperazine rings is 1. The van der Waals surface area contributed by atoms with Crippen LogP contribution in [-0.4, -0.2) is 62.2 Å². The van der Waals surface area contributed by atoms with Gasteiger partial charge in [0.2, 0.25) is 5.91 Å². The smallest absolute Gasteiger partial charge is 0.233 e. The van der Waals surface area contributed by atoms with Crippen molar-refractivity contribution in [3.63, 3.8) is 0 Å². The molecule has 0 bridgehead atoms. The van der Waals surface area contributed by atoms with E-state index in [4.69, 9.17) is 4.98 Å². The van der Waals surface area contributed by atoms with E-state index in [1.165, 1.54) is 10.3 Å². The Balaban J connectivity index is 1.08. The van der Waals surface area contributed by atoms with E-state index in [1.807, 2.05) is 29.2 Å². The summed E-state index contributed by atoms with van der Waals surface area (Å²) in [6, 6.07) is 27.0. The van der Waals surface area contributed by atoms with Crippen LogP contribution in [0.15, 0.2) is 83.2 Å². The summed E-state index contributed by atoms with van der Waals surface area (Å²) in [5, 5.41) is 0. The van der Waals surface area contributed by atoms with Crippen molar-refractivity contribution >= 4 is 50.3 Å². The van der Waals surface area contributed by atoms with Crippen molar-refractivity contribution < 1.29 is 4.79 Å². The first-order valence-electron chi connectivity index (χ1n) is 12.2. The van der Waals surface area contributed by atoms with E-state index < -0.39 is 0 Å². The molecule has 0 spiro atoms. The fourth-order valence-corrected chi connectivity index (χ4v) is 6.64. The van der Waals surface area contributed by atoms with Gasteiger partial charge < -0.3 is 9.47 Å². The number of thiazole rings is 1. The molecule has 6 nitrogen and oxygen atoms in total. The highest BCUT2D eigenvalue weighted by Crippen LogP contribution is 2.29. The van der Waals surface area contributed by atoms with Crippen molar-refractivity contribution in [2.24, 2.45) is 0 Å². The van der Waals surface area contributed by atoms with Gasteiger partial charge in [-0.25, -0.2) is 9.97 Å². The van der Waals surface area contributed by atoms with E-state index in [1.54, 1.807) is 23.1 Å². The summed E-state index contributed by atoms with van der Waals surface area (Å²) >= 11 is 3.20. The van der Waals surface area contributed by atoms with Gasteiger partial charge in [-0.05, 0) is 29.8 Å². The first-order chi connectivity index (χ1) is 17.7. The van der Waals surface area contributed by atoms with Crippen molar-refractivity contribution in [2.45, 2.75) is 17.4 Å². The van der Waals surface area contributed by atoms with Crippen molar-refractivity contribution in [3.05, 3.63) is 90.3 Å². The lowest BCUT2D eigenvalue weighted by Crippen LogP contribution is -2.49. The Morgan fingerprint density at radius 2 is 1.53 bits per heavy atom. The number of amides is 1. The Labute approximate surface area is 218 Å². The first-order valence-corrected chi connectivity index (χ1v) is 14.0. The summed E-state index contributed by atoms with van der Waals surface area (Å²) in [4.78, 5) is 26.9. The molecule has 3 aromatic carbocycles. The summed E-state index contributed by atoms with van der Waals surface area (Å²) in [6.45, 7) is 4.79. The van der Waals surface area contributed by atoms with Crippen LogP contribution in [0.2, 0.25) is 0 Å². The van der Waals surface area contributed by atoms with Gasteiger partial charge in [0.1, 0.15) is 5.82 Å². The number of aromatic nitrogens is 3. The van der Waals surface area contributed by atoms with Crippen LogP contribution in [0, 0.1) is 0 Å². The molecule has 0 N–H and O–H groups in total. The molecule has 2 aromatic heterocycles. The van der Waals surface area contributed by atoms with Crippen LogP contribution in [0.4, 0.5) is 0 Å². The monoisotopic (exact) mass is 513 g/mol. The molecule has 1 saturated heterocycles. The number of benzene rings is 3. The van der Waals surface area contributed by atoms with Gasteiger partial charge in [-0.15, -0.1) is 11.3 Å². The molecule has 36 heavy (non-hydrogen) atoms. The standard InChI is InChI=1S/C28H27N5OS2/c34-27(20-35-28-30-23-11-5-7-13-25(23)36-28)32-16-14-31(15-17-32)19-26-29-22-10-4-6-12-24(22)33(26)18-21-8-2-1-3-9-21/h1-13H,14-20H2. The van der Waals surface area contributed by atoms with E-state index in [-0.39, 0.29) is 5.91 Å². The number of imidazole rings is 1. The van der Waals surface area contributed by atoms with Crippen molar-refractivity contribution in [2.75, 3.05) is 31.9 Å². The van der Waals surface area contributed by atoms with Crippen LogP contribution < -0.4 is 0 Å². The normalized spacial score (nSPS) is 14.6. The number of carbonyl (C=O) groups excluding carboxylic acids is 1. The average Bonchev–Trinajstić information content (AvgIpc) is 3.49. The maximum atomic E-state index is 12.9. The fourth-order valence-electron chi connectivity index (χ4n) is 4.67. The van der Waals surface area contributed by atoms with Gasteiger partial charge in [0, 0.05) is 32.7 Å². The lowest BCUT2D eigenvalue weighted by atomic mass is 10.2. The second kappa shape index (κ2) is 10.4. The van der Waals surface area contributed by atoms with Crippen LogP contribution in [0.3, 0.4) is 0 Å². The van der Waals surface area contributed by atoms with Gasteiger partial charge in [0.15, 0.2) is 4.34 Å². The Bertz CT molecular complexity index is 1450. The van der Waals surface area contributed by atoms with Gasteiger partial charge in [-0.3, -0.25) is 9.69 Å². The van der Waals surface area contributed by atoms with E-state index in [0.717, 1.165) is 66.0 Å². The maximum Gasteiger partial charge on any atom is 0.233 e. The lowest BCUT2D eigenvalue weighted by molar-refractivity contribution is -0.130. The van der Waals surface area contributed by atoms with E-state index in [2.05, 4.69) is 69.0 Å². The van der Waals surface area contributed by atoms with E-state index in [9.17, 15) is 4.79 Å². The average molecular weight is 514 g/mol. The molecule has 0 atom stereocenters. The van der Waals surface area contributed by atoms with Gasteiger partial charge >= 0.3 is 0 Å². The molecule has 182 valence electrons. The predicted molar refractivity (Wildman–Crippen MR) is 147 cm³/mol. The number of thioether (sulfide) groups is 1. The number of para-hydroxylation sites is 3. The highest BCUT2D eigenvalue weighted by atomic mass is 32.2. The summed E-state index contributed by atoms with van der Waals surface area (Å²) in [5.74, 6) is 1.70. The van der Waals surface area contributed by atoms with Crippen LogP contribution in [0.5, 0.6) is 0 Å². The minimum absolute atomic E-state index is 0.190. The van der Waals surface area contributed by atoms with Crippen molar-refractivity contribution in [1.29, 1.82) is 0 Å². The number of nitrogens with zero attached hydrogens (tertiary/aromatic N) is 5. The molecule has 5 aromatic rings. The third kappa shape index (κ3) is 5.02. The van der Waals surface area contributed by atoms with Gasteiger partial charge in [0.25, 0.3) is 0 Å². The van der Waals surface area contributed by atoms with Gasteiger partial charge in [-0.2, -0.15) is 0 Å². The number of rotatable bonds is 7. The SMILES string of the molecule is O=C(CSc1nc2ccccc2s1)N1CCN(Cc2nc3ccccc3n2Cc2ccccc2)CC1. The summed E-state index contributed by atoms with van der Waals surface area (Å²) in [5.41, 5.74) is 4.47. The van der Waals surface area contributed by atoms with Gasteiger partial charge in [-0.1, -0.05) is 66.4 Å². The molecule has 3 heterocycles. The number of carbonyl (C=O) groups is 1. The van der Waals surface area contributed by atoms with Crippen molar-refractivity contribution in [3.8, 4) is 0 Å². The molecule has 0 radical (unpaired) electrons. The largest absolute Gasteiger partial charge is 0.339 e. The maximum absolute atomic E-state index is 12.9.